The number of nitrogens with zero attached hydrogens (tertiary/aromatic N) is 3. The standard InChI is InChI=1S/C26H28ClN5O2S/c1-5-12-32-22(15-28-23(33)11-10-20-8-6-7-9-21(20)27)30-31-26(32)35-16-24(34)29-25-18(3)13-17(2)14-19(25)4/h5-11,13-14H,1,12,15-16H2,2-4H3,(H,28,33)(H,29,34)/b11-10+. The summed E-state index contributed by atoms with van der Waals surface area (Å²) in [7, 11) is 0. The lowest BCUT2D eigenvalue weighted by atomic mass is 10.1. The van der Waals surface area contributed by atoms with Gasteiger partial charge in [-0.25, -0.2) is 0 Å². The lowest BCUT2D eigenvalue weighted by Gasteiger charge is -2.13. The first-order valence-electron chi connectivity index (χ1n) is 11.0. The number of aryl methyl sites for hydroxylation is 3. The molecule has 0 atom stereocenters. The molecule has 9 heteroatoms. The van der Waals surface area contributed by atoms with Gasteiger partial charge in [0.2, 0.25) is 11.8 Å². The van der Waals surface area contributed by atoms with Crippen molar-refractivity contribution < 1.29 is 9.59 Å². The number of allylic oxidation sites excluding steroid dienone is 1. The predicted molar refractivity (Wildman–Crippen MR) is 143 cm³/mol. The zero-order valence-electron chi connectivity index (χ0n) is 20.0. The summed E-state index contributed by atoms with van der Waals surface area (Å²) in [5.41, 5.74) is 4.80. The number of hydrogen-bond donors (Lipinski definition) is 2. The number of nitrogens with one attached hydrogen (secondary N) is 2. The Kier molecular flexibility index (Phi) is 9.28. The minimum absolute atomic E-state index is 0.127. The third kappa shape index (κ3) is 7.31. The second-order valence-corrected chi connectivity index (χ2v) is 9.33. The van der Waals surface area contributed by atoms with E-state index in [0.29, 0.717) is 22.5 Å². The summed E-state index contributed by atoms with van der Waals surface area (Å²) in [4.78, 5) is 24.9. The van der Waals surface area contributed by atoms with Gasteiger partial charge >= 0.3 is 0 Å². The molecule has 2 N–H and O–H groups in total. The monoisotopic (exact) mass is 509 g/mol. The van der Waals surface area contributed by atoms with Crippen LogP contribution in [0.25, 0.3) is 6.08 Å². The molecule has 0 bridgehead atoms. The molecule has 3 rings (SSSR count). The van der Waals surface area contributed by atoms with Crippen LogP contribution >= 0.6 is 23.4 Å². The molecule has 2 amide bonds. The Labute approximate surface area is 214 Å². The fourth-order valence-electron chi connectivity index (χ4n) is 3.55. The van der Waals surface area contributed by atoms with Gasteiger partial charge in [0, 0.05) is 23.3 Å². The van der Waals surface area contributed by atoms with Crippen LogP contribution < -0.4 is 10.6 Å². The van der Waals surface area contributed by atoms with Crippen LogP contribution in [0, 0.1) is 20.8 Å². The normalized spacial score (nSPS) is 11.0. The Morgan fingerprint density at radius 3 is 2.54 bits per heavy atom. The molecule has 0 aliphatic heterocycles. The van der Waals surface area contributed by atoms with E-state index in [4.69, 9.17) is 11.6 Å². The fourth-order valence-corrected chi connectivity index (χ4v) is 4.52. The van der Waals surface area contributed by atoms with Gasteiger partial charge in [-0.15, -0.1) is 16.8 Å². The molecule has 0 aliphatic rings. The second kappa shape index (κ2) is 12.4. The van der Waals surface area contributed by atoms with Gasteiger partial charge in [-0.2, -0.15) is 0 Å². The Morgan fingerprint density at radius 2 is 1.86 bits per heavy atom. The Bertz CT molecular complexity index is 1250. The number of rotatable bonds is 10. The average Bonchev–Trinajstić information content (AvgIpc) is 3.20. The Hall–Kier alpha value is -3.36. The molecule has 0 aliphatic carbocycles. The van der Waals surface area contributed by atoms with Gasteiger partial charge in [0.25, 0.3) is 0 Å². The van der Waals surface area contributed by atoms with Crippen molar-refractivity contribution in [2.24, 2.45) is 0 Å². The Morgan fingerprint density at radius 1 is 1.14 bits per heavy atom. The van der Waals surface area contributed by atoms with Gasteiger partial charge in [-0.3, -0.25) is 9.59 Å². The summed E-state index contributed by atoms with van der Waals surface area (Å²) >= 11 is 7.39. The summed E-state index contributed by atoms with van der Waals surface area (Å²) in [6, 6.07) is 11.4. The van der Waals surface area contributed by atoms with Gasteiger partial charge in [0.1, 0.15) is 0 Å². The van der Waals surface area contributed by atoms with Gasteiger partial charge in [-0.05, 0) is 49.6 Å². The predicted octanol–water partition coefficient (Wildman–Crippen LogP) is 5.10. The van der Waals surface area contributed by atoms with Crippen LogP contribution in [0.4, 0.5) is 5.69 Å². The SMILES string of the molecule is C=CCn1c(CNC(=O)/C=C/c2ccccc2Cl)nnc1SCC(=O)Nc1c(C)cc(C)cc1C. The highest BCUT2D eigenvalue weighted by atomic mass is 35.5. The number of halogens is 1. The maximum atomic E-state index is 12.6. The van der Waals surface area contributed by atoms with Crippen molar-refractivity contribution in [1.82, 2.24) is 20.1 Å². The number of hydrogen-bond acceptors (Lipinski definition) is 5. The molecule has 0 saturated heterocycles. The number of carbonyl (C=O) groups is 2. The summed E-state index contributed by atoms with van der Waals surface area (Å²) in [6.45, 7) is 10.4. The molecule has 0 fully saturated rings. The van der Waals surface area contributed by atoms with Crippen molar-refractivity contribution in [2.75, 3.05) is 11.1 Å². The summed E-state index contributed by atoms with van der Waals surface area (Å²) in [6.07, 6.45) is 4.79. The largest absolute Gasteiger partial charge is 0.345 e. The molecule has 0 radical (unpaired) electrons. The van der Waals surface area contributed by atoms with Gasteiger partial charge in [0.15, 0.2) is 11.0 Å². The van der Waals surface area contributed by atoms with Gasteiger partial charge in [0.05, 0.1) is 12.3 Å². The van der Waals surface area contributed by atoms with E-state index < -0.39 is 0 Å². The summed E-state index contributed by atoms with van der Waals surface area (Å²) < 4.78 is 1.82. The minimum Gasteiger partial charge on any atom is -0.345 e. The van der Waals surface area contributed by atoms with E-state index in [1.54, 1.807) is 18.2 Å². The number of anilines is 1. The third-order valence-electron chi connectivity index (χ3n) is 5.12. The molecule has 7 nitrogen and oxygen atoms in total. The molecule has 3 aromatic rings. The van der Waals surface area contributed by atoms with E-state index in [0.717, 1.165) is 27.9 Å². The van der Waals surface area contributed by atoms with Crippen molar-refractivity contribution in [3.8, 4) is 0 Å². The number of thioether (sulfide) groups is 1. The average molecular weight is 510 g/mol. The van der Waals surface area contributed by atoms with Crippen LogP contribution in [0.1, 0.15) is 28.1 Å². The molecule has 0 unspecified atom stereocenters. The maximum Gasteiger partial charge on any atom is 0.244 e. The van der Waals surface area contributed by atoms with Crippen LogP contribution in [0.3, 0.4) is 0 Å². The van der Waals surface area contributed by atoms with Crippen molar-refractivity contribution in [2.45, 2.75) is 39.0 Å². The number of amides is 2. The molecule has 1 heterocycles. The first kappa shape index (κ1) is 26.2. The lowest BCUT2D eigenvalue weighted by molar-refractivity contribution is -0.116. The first-order chi connectivity index (χ1) is 16.8. The highest BCUT2D eigenvalue weighted by Gasteiger charge is 2.15. The summed E-state index contributed by atoms with van der Waals surface area (Å²) in [5.74, 6) is 0.334. The lowest BCUT2D eigenvalue weighted by Crippen LogP contribution is -2.23. The first-order valence-corrected chi connectivity index (χ1v) is 12.4. The molecule has 35 heavy (non-hydrogen) atoms. The van der Waals surface area contributed by atoms with Crippen molar-refractivity contribution in [1.29, 1.82) is 0 Å². The van der Waals surface area contributed by atoms with E-state index in [1.807, 2.05) is 55.7 Å². The molecule has 2 aromatic carbocycles. The smallest absolute Gasteiger partial charge is 0.244 e. The molecule has 1 aromatic heterocycles. The second-order valence-electron chi connectivity index (χ2n) is 7.98. The van der Waals surface area contributed by atoms with E-state index >= 15 is 0 Å². The van der Waals surface area contributed by atoms with E-state index in [2.05, 4.69) is 27.4 Å². The van der Waals surface area contributed by atoms with Crippen molar-refractivity contribution >= 4 is 46.9 Å². The molecular formula is C26H28ClN5O2S. The van der Waals surface area contributed by atoms with Crippen LogP contribution in [0.5, 0.6) is 0 Å². The number of carbonyl (C=O) groups excluding carboxylic acids is 2. The van der Waals surface area contributed by atoms with Crippen LogP contribution in [-0.4, -0.2) is 32.3 Å². The number of aromatic nitrogens is 3. The van der Waals surface area contributed by atoms with E-state index in [1.165, 1.54) is 17.8 Å². The van der Waals surface area contributed by atoms with Crippen LogP contribution in [-0.2, 0) is 22.7 Å². The molecule has 0 spiro atoms. The van der Waals surface area contributed by atoms with Crippen LogP contribution in [0.15, 0.2) is 60.3 Å². The number of benzene rings is 2. The minimum atomic E-state index is -0.282. The maximum absolute atomic E-state index is 12.6. The van der Waals surface area contributed by atoms with E-state index in [-0.39, 0.29) is 24.1 Å². The Balaban J connectivity index is 1.60. The zero-order chi connectivity index (χ0) is 25.4. The van der Waals surface area contributed by atoms with Crippen molar-refractivity contribution in [3.63, 3.8) is 0 Å². The van der Waals surface area contributed by atoms with Crippen molar-refractivity contribution in [3.05, 3.63) is 88.2 Å². The van der Waals surface area contributed by atoms with E-state index in [9.17, 15) is 9.59 Å². The molecule has 182 valence electrons. The fraction of sp³-hybridized carbons (Fsp3) is 0.231. The molecule has 0 saturated carbocycles. The van der Waals surface area contributed by atoms with Gasteiger partial charge in [-0.1, -0.05) is 65.3 Å². The topological polar surface area (TPSA) is 88.9 Å². The highest BCUT2D eigenvalue weighted by Crippen LogP contribution is 2.23. The van der Waals surface area contributed by atoms with Crippen LogP contribution in [0.2, 0.25) is 5.02 Å². The third-order valence-corrected chi connectivity index (χ3v) is 6.43. The highest BCUT2D eigenvalue weighted by molar-refractivity contribution is 7.99. The van der Waals surface area contributed by atoms with Gasteiger partial charge < -0.3 is 15.2 Å². The quantitative estimate of drug-likeness (QED) is 0.225. The summed E-state index contributed by atoms with van der Waals surface area (Å²) in [5, 5.41) is 15.3. The molecular weight excluding hydrogens is 482 g/mol. The zero-order valence-corrected chi connectivity index (χ0v) is 21.5.